The van der Waals surface area contributed by atoms with E-state index < -0.39 is 18.0 Å². The first-order valence-electron chi connectivity index (χ1n) is 3.36. The number of carboxylic acid groups (broad SMARTS) is 1. The van der Waals surface area contributed by atoms with E-state index in [4.69, 9.17) is 10.8 Å². The number of hydrogen-bond acceptors (Lipinski definition) is 2. The average Bonchev–Trinajstić information content (AvgIpc) is 1.86. The van der Waals surface area contributed by atoms with Crippen molar-refractivity contribution in [2.24, 2.45) is 5.73 Å². The lowest BCUT2D eigenvalue weighted by molar-refractivity contribution is -0.139. The van der Waals surface area contributed by atoms with Crippen molar-refractivity contribution < 1.29 is 14.7 Å². The molecule has 0 spiro atoms. The SMILES string of the molecule is CCCC(NC(N)=O)C(=O)O.Cl. The van der Waals surface area contributed by atoms with E-state index in [0.29, 0.717) is 12.8 Å². The Hall–Kier alpha value is -0.970. The van der Waals surface area contributed by atoms with Crippen molar-refractivity contribution in [2.75, 3.05) is 0 Å². The van der Waals surface area contributed by atoms with Crippen LogP contribution in [0.15, 0.2) is 0 Å². The maximum atomic E-state index is 10.4. The molecule has 0 aromatic rings. The van der Waals surface area contributed by atoms with Crippen LogP contribution in [0, 0.1) is 0 Å². The number of nitrogens with one attached hydrogen (secondary N) is 1. The van der Waals surface area contributed by atoms with Crippen molar-refractivity contribution in [1.29, 1.82) is 0 Å². The van der Waals surface area contributed by atoms with E-state index >= 15 is 0 Å². The van der Waals surface area contributed by atoms with E-state index in [1.54, 1.807) is 0 Å². The smallest absolute Gasteiger partial charge is 0.326 e. The van der Waals surface area contributed by atoms with E-state index in [2.05, 4.69) is 5.32 Å². The number of aliphatic carboxylic acids is 1. The van der Waals surface area contributed by atoms with E-state index in [1.807, 2.05) is 6.92 Å². The molecule has 0 heterocycles. The zero-order valence-electron chi connectivity index (χ0n) is 6.74. The fourth-order valence-electron chi connectivity index (χ4n) is 0.718. The van der Waals surface area contributed by atoms with Crippen molar-refractivity contribution in [3.05, 3.63) is 0 Å². The highest BCUT2D eigenvalue weighted by molar-refractivity contribution is 5.85. The summed E-state index contributed by atoms with van der Waals surface area (Å²) in [5.74, 6) is -1.05. The molecule has 72 valence electrons. The van der Waals surface area contributed by atoms with Crippen LogP contribution in [0.3, 0.4) is 0 Å². The quantitative estimate of drug-likeness (QED) is 0.605. The Labute approximate surface area is 76.7 Å². The highest BCUT2D eigenvalue weighted by Gasteiger charge is 2.16. The lowest BCUT2D eigenvalue weighted by Crippen LogP contribution is -2.43. The minimum atomic E-state index is -1.05. The standard InChI is InChI=1S/C6H12N2O3.ClH/c1-2-3-4(5(9)10)8-6(7)11;/h4H,2-3H2,1H3,(H,9,10)(H3,7,8,11);1H. The number of hydrogen-bond donors (Lipinski definition) is 3. The second kappa shape index (κ2) is 6.72. The number of rotatable bonds is 4. The number of amides is 2. The summed E-state index contributed by atoms with van der Waals surface area (Å²) in [5.41, 5.74) is 4.75. The molecule has 0 radical (unpaired) electrons. The van der Waals surface area contributed by atoms with Gasteiger partial charge < -0.3 is 16.2 Å². The van der Waals surface area contributed by atoms with Crippen LogP contribution in [0.25, 0.3) is 0 Å². The van der Waals surface area contributed by atoms with Gasteiger partial charge in [-0.3, -0.25) is 0 Å². The van der Waals surface area contributed by atoms with E-state index in [1.165, 1.54) is 0 Å². The van der Waals surface area contributed by atoms with Crippen LogP contribution in [-0.4, -0.2) is 23.1 Å². The molecule has 0 aliphatic heterocycles. The van der Waals surface area contributed by atoms with Gasteiger partial charge in [-0.05, 0) is 6.42 Å². The number of carbonyl (C=O) groups is 2. The molecular weight excluding hydrogens is 184 g/mol. The molecule has 5 nitrogen and oxygen atoms in total. The maximum absolute atomic E-state index is 10.4. The third-order valence-corrected chi connectivity index (χ3v) is 1.19. The van der Waals surface area contributed by atoms with Crippen molar-refractivity contribution in [2.45, 2.75) is 25.8 Å². The van der Waals surface area contributed by atoms with Gasteiger partial charge in [-0.25, -0.2) is 9.59 Å². The van der Waals surface area contributed by atoms with E-state index in [9.17, 15) is 9.59 Å². The van der Waals surface area contributed by atoms with Crippen LogP contribution in [-0.2, 0) is 4.79 Å². The highest BCUT2D eigenvalue weighted by atomic mass is 35.5. The summed E-state index contributed by atoms with van der Waals surface area (Å²) in [4.78, 5) is 20.6. The van der Waals surface area contributed by atoms with Gasteiger partial charge in [0, 0.05) is 0 Å². The molecule has 4 N–H and O–H groups in total. The summed E-state index contributed by atoms with van der Waals surface area (Å²) < 4.78 is 0. The van der Waals surface area contributed by atoms with Gasteiger partial charge in [0.05, 0.1) is 0 Å². The third kappa shape index (κ3) is 5.79. The fourth-order valence-corrected chi connectivity index (χ4v) is 0.718. The molecule has 0 aromatic carbocycles. The van der Waals surface area contributed by atoms with Gasteiger partial charge in [-0.15, -0.1) is 12.4 Å². The molecule has 12 heavy (non-hydrogen) atoms. The first kappa shape index (κ1) is 13.6. The number of carbonyl (C=O) groups excluding carboxylic acids is 1. The molecule has 1 unspecified atom stereocenters. The Morgan fingerprint density at radius 2 is 2.08 bits per heavy atom. The molecule has 0 aliphatic rings. The summed E-state index contributed by atoms with van der Waals surface area (Å²) in [7, 11) is 0. The summed E-state index contributed by atoms with van der Waals surface area (Å²) in [5, 5.41) is 10.6. The molecule has 0 saturated heterocycles. The molecule has 0 aromatic heterocycles. The topological polar surface area (TPSA) is 92.4 Å². The summed E-state index contributed by atoms with van der Waals surface area (Å²) in [6.45, 7) is 1.83. The molecule has 0 saturated carbocycles. The Kier molecular flexibility index (Phi) is 7.62. The molecule has 0 bridgehead atoms. The van der Waals surface area contributed by atoms with Crippen molar-refractivity contribution >= 4 is 24.4 Å². The Morgan fingerprint density at radius 3 is 2.33 bits per heavy atom. The van der Waals surface area contributed by atoms with Crippen LogP contribution >= 0.6 is 12.4 Å². The zero-order chi connectivity index (χ0) is 8.85. The van der Waals surface area contributed by atoms with Crippen LogP contribution in [0.1, 0.15) is 19.8 Å². The summed E-state index contributed by atoms with van der Waals surface area (Å²) in [6, 6.07) is -1.65. The average molecular weight is 197 g/mol. The number of primary amides is 1. The lowest BCUT2D eigenvalue weighted by atomic mass is 10.2. The van der Waals surface area contributed by atoms with Crippen molar-refractivity contribution in [3.8, 4) is 0 Å². The van der Waals surface area contributed by atoms with E-state index in [0.717, 1.165) is 0 Å². The molecule has 6 heteroatoms. The number of carboxylic acids is 1. The molecule has 2 amide bonds. The van der Waals surface area contributed by atoms with Gasteiger partial charge in [0.2, 0.25) is 0 Å². The number of nitrogens with two attached hydrogens (primary N) is 1. The zero-order valence-corrected chi connectivity index (χ0v) is 7.56. The van der Waals surface area contributed by atoms with Gasteiger partial charge in [0.1, 0.15) is 6.04 Å². The first-order valence-corrected chi connectivity index (χ1v) is 3.36. The minimum absolute atomic E-state index is 0. The monoisotopic (exact) mass is 196 g/mol. The van der Waals surface area contributed by atoms with Crippen LogP contribution < -0.4 is 11.1 Å². The lowest BCUT2D eigenvalue weighted by Gasteiger charge is -2.10. The van der Waals surface area contributed by atoms with Gasteiger partial charge >= 0.3 is 12.0 Å². The van der Waals surface area contributed by atoms with E-state index in [-0.39, 0.29) is 12.4 Å². The largest absolute Gasteiger partial charge is 0.480 e. The minimum Gasteiger partial charge on any atom is -0.480 e. The fraction of sp³-hybridized carbons (Fsp3) is 0.667. The van der Waals surface area contributed by atoms with Gasteiger partial charge in [-0.1, -0.05) is 13.3 Å². The molecule has 0 fully saturated rings. The molecule has 0 rings (SSSR count). The van der Waals surface area contributed by atoms with Crippen LogP contribution in [0.4, 0.5) is 4.79 Å². The summed E-state index contributed by atoms with van der Waals surface area (Å²) in [6.07, 6.45) is 1.09. The third-order valence-electron chi connectivity index (χ3n) is 1.19. The maximum Gasteiger partial charge on any atom is 0.326 e. The van der Waals surface area contributed by atoms with Gasteiger partial charge in [0.15, 0.2) is 0 Å². The molecule has 0 aliphatic carbocycles. The Bertz CT molecular complexity index is 163. The highest BCUT2D eigenvalue weighted by Crippen LogP contribution is 1.95. The number of urea groups is 1. The first-order chi connectivity index (χ1) is 5.07. The number of halogens is 1. The van der Waals surface area contributed by atoms with Gasteiger partial charge in [-0.2, -0.15) is 0 Å². The summed E-state index contributed by atoms with van der Waals surface area (Å²) >= 11 is 0. The predicted octanol–water partition coefficient (Wildman–Crippen LogP) is 0.330. The van der Waals surface area contributed by atoms with Crippen molar-refractivity contribution in [3.63, 3.8) is 0 Å². The Balaban J connectivity index is 0. The predicted molar refractivity (Wildman–Crippen MR) is 46.3 cm³/mol. The molecule has 1 atom stereocenters. The second-order valence-corrected chi connectivity index (χ2v) is 2.19. The van der Waals surface area contributed by atoms with Gasteiger partial charge in [0.25, 0.3) is 0 Å². The Morgan fingerprint density at radius 1 is 1.58 bits per heavy atom. The molecular formula is C6H13ClN2O3. The van der Waals surface area contributed by atoms with Crippen LogP contribution in [0.5, 0.6) is 0 Å². The second-order valence-electron chi connectivity index (χ2n) is 2.19. The van der Waals surface area contributed by atoms with Crippen molar-refractivity contribution in [1.82, 2.24) is 5.32 Å². The van der Waals surface area contributed by atoms with Crippen LogP contribution in [0.2, 0.25) is 0 Å². The normalized spacial score (nSPS) is 11.1.